The number of alkyl halides is 8. The summed E-state index contributed by atoms with van der Waals surface area (Å²) in [6, 6.07) is 0. The van der Waals surface area contributed by atoms with Crippen LogP contribution in [0.25, 0.3) is 0 Å². The molecule has 0 fully saturated rings. The smallest absolute Gasteiger partial charge is 0.403 e. The molecule has 0 aliphatic rings. The Morgan fingerprint density at radius 2 is 1.71 bits per heavy atom. The Morgan fingerprint density at radius 1 is 1.19 bits per heavy atom. The van der Waals surface area contributed by atoms with Crippen LogP contribution in [0.3, 0.4) is 0 Å². The molecule has 1 heterocycles. The summed E-state index contributed by atoms with van der Waals surface area (Å²) in [6.07, 6.45) is -15.5. The van der Waals surface area contributed by atoms with Crippen LogP contribution in [0, 0.1) is 10.1 Å². The Kier molecular flexibility index (Phi) is 4.24. The maximum absolute atomic E-state index is 12.7. The van der Waals surface area contributed by atoms with Crippen LogP contribution in [0.5, 0.6) is 5.75 Å². The molecule has 21 heavy (non-hydrogen) atoms. The van der Waals surface area contributed by atoms with Crippen LogP contribution < -0.4 is 4.74 Å². The minimum Gasteiger partial charge on any atom is -0.403 e. The van der Waals surface area contributed by atoms with E-state index in [-0.39, 0.29) is 6.20 Å². The van der Waals surface area contributed by atoms with Gasteiger partial charge in [0, 0.05) is 0 Å². The minimum absolute atomic E-state index is 0.301. The van der Waals surface area contributed by atoms with Crippen molar-refractivity contribution in [1.29, 1.82) is 0 Å². The monoisotopic (exact) mass is 326 g/mol. The molecule has 0 aliphatic heterocycles. The summed E-state index contributed by atoms with van der Waals surface area (Å²) >= 11 is 0. The van der Waals surface area contributed by atoms with Gasteiger partial charge in [-0.2, -0.15) is 13.2 Å². The minimum atomic E-state index is -5.74. The molecule has 0 saturated carbocycles. The first kappa shape index (κ1) is 16.8. The quantitative estimate of drug-likeness (QED) is 0.481. The zero-order valence-electron chi connectivity index (χ0n) is 9.30. The van der Waals surface area contributed by atoms with E-state index in [1.54, 1.807) is 0 Å². The van der Waals surface area contributed by atoms with Crippen LogP contribution >= 0.6 is 0 Å². The summed E-state index contributed by atoms with van der Waals surface area (Å²) in [5.41, 5.74) is -6.80. The Balaban J connectivity index is 3.69. The second-order valence-electron chi connectivity index (χ2n) is 3.33. The topological polar surface area (TPSA) is 65.3 Å². The number of nitro groups is 1. The number of halogens is 8. The summed E-state index contributed by atoms with van der Waals surface area (Å²) in [5.74, 6) is -2.09. The molecule has 0 atom stereocenters. The first-order valence-electron chi connectivity index (χ1n) is 4.63. The van der Waals surface area contributed by atoms with Crippen molar-refractivity contribution in [2.45, 2.75) is 19.0 Å². The van der Waals surface area contributed by atoms with Crippen LogP contribution in [0.15, 0.2) is 6.20 Å². The van der Waals surface area contributed by atoms with E-state index in [4.69, 9.17) is 0 Å². The fourth-order valence-electron chi connectivity index (χ4n) is 1.32. The van der Waals surface area contributed by atoms with Crippen molar-refractivity contribution in [2.75, 3.05) is 0 Å². The van der Waals surface area contributed by atoms with Gasteiger partial charge in [-0.1, -0.05) is 0 Å². The number of ether oxygens (including phenoxy) is 1. The number of hydrogen-bond donors (Lipinski definition) is 0. The SMILES string of the molecule is O=[N+]([O-])c1c(C(F)F)ncc(OC(F)(F)F)c1C(F)(F)F. The lowest BCUT2D eigenvalue weighted by molar-refractivity contribution is -0.390. The Bertz CT molecular complexity index is 554. The van der Waals surface area contributed by atoms with Gasteiger partial charge in [-0.15, -0.1) is 13.2 Å². The summed E-state index contributed by atoms with van der Waals surface area (Å²) in [6.45, 7) is 0. The Morgan fingerprint density at radius 3 is 2.05 bits per heavy atom. The van der Waals surface area contributed by atoms with Gasteiger partial charge in [0.05, 0.1) is 11.1 Å². The van der Waals surface area contributed by atoms with Crippen LogP contribution in [-0.2, 0) is 6.18 Å². The Hall–Kier alpha value is -2.21. The highest BCUT2D eigenvalue weighted by molar-refractivity contribution is 5.53. The summed E-state index contributed by atoms with van der Waals surface area (Å²) in [4.78, 5) is 11.1. The molecule has 0 bridgehead atoms. The van der Waals surface area contributed by atoms with E-state index in [0.717, 1.165) is 0 Å². The molecule has 118 valence electrons. The molecule has 0 aromatic carbocycles. The van der Waals surface area contributed by atoms with Gasteiger partial charge < -0.3 is 4.74 Å². The molecule has 1 rings (SSSR count). The zero-order valence-corrected chi connectivity index (χ0v) is 9.30. The van der Waals surface area contributed by atoms with E-state index < -0.39 is 46.6 Å². The number of aromatic nitrogens is 1. The third kappa shape index (κ3) is 3.88. The largest absolute Gasteiger partial charge is 0.573 e. The average Bonchev–Trinajstić information content (AvgIpc) is 2.23. The van der Waals surface area contributed by atoms with E-state index >= 15 is 0 Å². The van der Waals surface area contributed by atoms with E-state index in [2.05, 4.69) is 9.72 Å². The van der Waals surface area contributed by atoms with E-state index in [1.807, 2.05) is 0 Å². The van der Waals surface area contributed by atoms with Gasteiger partial charge >= 0.3 is 18.2 Å². The standard InChI is InChI=1S/C8H2F8N2O3/c9-6(10)4-5(18(19)20)3(7(11,12)13)2(1-17-4)21-8(14,15)16/h1,6H. The lowest BCUT2D eigenvalue weighted by Crippen LogP contribution is -2.22. The van der Waals surface area contributed by atoms with Gasteiger partial charge in [0.1, 0.15) is 0 Å². The molecule has 0 spiro atoms. The molecule has 0 N–H and O–H groups in total. The van der Waals surface area contributed by atoms with E-state index in [9.17, 15) is 45.2 Å². The predicted molar refractivity (Wildman–Crippen MR) is 47.5 cm³/mol. The number of rotatable bonds is 3. The molecule has 0 amide bonds. The van der Waals surface area contributed by atoms with Gasteiger partial charge in [-0.3, -0.25) is 10.1 Å². The molecule has 13 heteroatoms. The molecule has 5 nitrogen and oxygen atoms in total. The molecule has 0 aliphatic carbocycles. The molecule has 1 aromatic rings. The molecule has 0 radical (unpaired) electrons. The summed E-state index contributed by atoms with van der Waals surface area (Å²) in [7, 11) is 0. The summed E-state index contributed by atoms with van der Waals surface area (Å²) < 4.78 is 102. The maximum Gasteiger partial charge on any atom is 0.573 e. The van der Waals surface area contributed by atoms with Crippen LogP contribution in [0.2, 0.25) is 0 Å². The van der Waals surface area contributed by atoms with Crippen molar-refractivity contribution in [2.24, 2.45) is 0 Å². The van der Waals surface area contributed by atoms with E-state index in [0.29, 0.717) is 0 Å². The Labute approximate surface area is 109 Å². The molecular formula is C8H2F8N2O3. The maximum atomic E-state index is 12.7. The van der Waals surface area contributed by atoms with Crippen molar-refractivity contribution >= 4 is 5.69 Å². The van der Waals surface area contributed by atoms with Gasteiger partial charge in [0.25, 0.3) is 6.43 Å². The average molecular weight is 326 g/mol. The molecule has 0 saturated heterocycles. The lowest BCUT2D eigenvalue weighted by atomic mass is 10.1. The van der Waals surface area contributed by atoms with Gasteiger partial charge in [0.2, 0.25) is 0 Å². The second-order valence-corrected chi connectivity index (χ2v) is 3.33. The lowest BCUT2D eigenvalue weighted by Gasteiger charge is -2.16. The van der Waals surface area contributed by atoms with Crippen molar-refractivity contribution in [3.63, 3.8) is 0 Å². The number of pyridine rings is 1. The fraction of sp³-hybridized carbons (Fsp3) is 0.375. The molecular weight excluding hydrogens is 324 g/mol. The first-order chi connectivity index (χ1) is 9.34. The normalized spacial score (nSPS) is 12.6. The van der Waals surface area contributed by atoms with Crippen LogP contribution in [0.4, 0.5) is 40.8 Å². The summed E-state index contributed by atoms with van der Waals surface area (Å²) in [5, 5.41) is 10.5. The van der Waals surface area contributed by atoms with Gasteiger partial charge in [-0.05, 0) is 0 Å². The van der Waals surface area contributed by atoms with Gasteiger partial charge in [-0.25, -0.2) is 13.8 Å². The number of hydrogen-bond acceptors (Lipinski definition) is 4. The third-order valence-electron chi connectivity index (χ3n) is 1.95. The highest BCUT2D eigenvalue weighted by Crippen LogP contribution is 2.46. The van der Waals surface area contributed by atoms with E-state index in [1.165, 1.54) is 0 Å². The second kappa shape index (κ2) is 5.29. The highest BCUT2D eigenvalue weighted by Gasteiger charge is 2.48. The number of nitrogens with zero attached hydrogens (tertiary/aromatic N) is 2. The fourth-order valence-corrected chi connectivity index (χ4v) is 1.32. The molecule has 1 aromatic heterocycles. The van der Waals surface area contributed by atoms with Crippen molar-refractivity contribution in [1.82, 2.24) is 4.98 Å². The van der Waals surface area contributed by atoms with Crippen molar-refractivity contribution < 1.29 is 44.8 Å². The third-order valence-corrected chi connectivity index (χ3v) is 1.95. The van der Waals surface area contributed by atoms with Gasteiger partial charge in [0.15, 0.2) is 17.0 Å². The first-order valence-corrected chi connectivity index (χ1v) is 4.63. The predicted octanol–water partition coefficient (Wildman–Crippen LogP) is 3.84. The van der Waals surface area contributed by atoms with Crippen LogP contribution in [-0.4, -0.2) is 16.3 Å². The highest BCUT2D eigenvalue weighted by atomic mass is 19.4. The van der Waals surface area contributed by atoms with Crippen molar-refractivity contribution in [3.8, 4) is 5.75 Å². The van der Waals surface area contributed by atoms with Crippen molar-refractivity contribution in [3.05, 3.63) is 27.6 Å². The zero-order chi connectivity index (χ0) is 16.6. The molecule has 0 unspecified atom stereocenters. The van der Waals surface area contributed by atoms with Crippen LogP contribution in [0.1, 0.15) is 17.7 Å².